The summed E-state index contributed by atoms with van der Waals surface area (Å²) < 4.78 is 0.974. The van der Waals surface area contributed by atoms with Gasteiger partial charge >= 0.3 is 0 Å². The zero-order valence-corrected chi connectivity index (χ0v) is 10.2. The van der Waals surface area contributed by atoms with E-state index >= 15 is 0 Å². The number of nitrogens with zero attached hydrogens (tertiary/aromatic N) is 2. The Morgan fingerprint density at radius 2 is 2.25 bits per heavy atom. The molecule has 2 N–H and O–H groups in total. The van der Waals surface area contributed by atoms with Gasteiger partial charge in [-0.1, -0.05) is 47.4 Å². The molecular formula is C11H11N3S2. The van der Waals surface area contributed by atoms with Gasteiger partial charge in [-0.2, -0.15) is 0 Å². The van der Waals surface area contributed by atoms with E-state index in [9.17, 15) is 0 Å². The fourth-order valence-corrected chi connectivity index (χ4v) is 3.74. The molecule has 2 aromatic rings. The molecule has 0 aliphatic heterocycles. The van der Waals surface area contributed by atoms with Gasteiger partial charge in [0, 0.05) is 5.75 Å². The molecule has 0 saturated carbocycles. The van der Waals surface area contributed by atoms with Crippen LogP contribution in [0.3, 0.4) is 0 Å². The van der Waals surface area contributed by atoms with Gasteiger partial charge in [0.15, 0.2) is 4.34 Å². The number of fused-ring (bicyclic) bond motifs is 1. The van der Waals surface area contributed by atoms with Crippen molar-refractivity contribution in [2.75, 3.05) is 11.5 Å². The normalized spacial score (nSPS) is 17.9. The van der Waals surface area contributed by atoms with Crippen LogP contribution in [0.25, 0.3) is 0 Å². The van der Waals surface area contributed by atoms with Crippen molar-refractivity contribution >= 4 is 28.2 Å². The van der Waals surface area contributed by atoms with E-state index in [2.05, 4.69) is 34.5 Å². The largest absolute Gasteiger partial charge is 0.374 e. The molecule has 0 amide bonds. The molecule has 5 heteroatoms. The van der Waals surface area contributed by atoms with Crippen molar-refractivity contribution in [1.29, 1.82) is 0 Å². The minimum absolute atomic E-state index is 0.552. The van der Waals surface area contributed by atoms with Crippen molar-refractivity contribution in [3.8, 4) is 0 Å². The first-order valence-electron chi connectivity index (χ1n) is 5.12. The van der Waals surface area contributed by atoms with E-state index in [4.69, 9.17) is 5.73 Å². The molecule has 1 aliphatic carbocycles. The zero-order valence-electron chi connectivity index (χ0n) is 8.59. The Morgan fingerprint density at radius 1 is 1.38 bits per heavy atom. The predicted molar refractivity (Wildman–Crippen MR) is 67.9 cm³/mol. The summed E-state index contributed by atoms with van der Waals surface area (Å²) in [7, 11) is 0. The van der Waals surface area contributed by atoms with Crippen LogP contribution in [0.2, 0.25) is 0 Å². The van der Waals surface area contributed by atoms with E-state index < -0.39 is 0 Å². The second kappa shape index (κ2) is 4.07. The van der Waals surface area contributed by atoms with Crippen LogP contribution in [-0.4, -0.2) is 16.0 Å². The minimum Gasteiger partial charge on any atom is -0.374 e. The van der Waals surface area contributed by atoms with Gasteiger partial charge in [0.2, 0.25) is 5.13 Å². The summed E-state index contributed by atoms with van der Waals surface area (Å²) >= 11 is 3.22. The summed E-state index contributed by atoms with van der Waals surface area (Å²) in [5.41, 5.74) is 8.52. The van der Waals surface area contributed by atoms with Gasteiger partial charge < -0.3 is 5.73 Å². The lowest BCUT2D eigenvalue weighted by Crippen LogP contribution is -2.18. The van der Waals surface area contributed by atoms with Crippen LogP contribution in [0.5, 0.6) is 0 Å². The molecule has 82 valence electrons. The molecule has 1 heterocycles. The highest BCUT2D eigenvalue weighted by Crippen LogP contribution is 2.39. The second-order valence-electron chi connectivity index (χ2n) is 3.82. The Balaban J connectivity index is 1.63. The minimum atomic E-state index is 0.552. The van der Waals surface area contributed by atoms with Crippen molar-refractivity contribution in [1.82, 2.24) is 10.2 Å². The van der Waals surface area contributed by atoms with Crippen molar-refractivity contribution in [3.63, 3.8) is 0 Å². The summed E-state index contributed by atoms with van der Waals surface area (Å²) in [6.07, 6.45) is 1.19. The molecule has 0 spiro atoms. The number of anilines is 1. The maximum Gasteiger partial charge on any atom is 0.203 e. The first-order valence-corrected chi connectivity index (χ1v) is 6.93. The molecule has 0 bridgehead atoms. The standard InChI is InChI=1S/C11H11N3S2/c12-10-13-14-11(16-10)15-6-8-5-7-3-1-2-4-9(7)8/h1-4,8H,5-6H2,(H2,12,13). The van der Waals surface area contributed by atoms with Gasteiger partial charge in [-0.3, -0.25) is 0 Å². The molecular weight excluding hydrogens is 238 g/mol. The second-order valence-corrected chi connectivity index (χ2v) is 6.09. The SMILES string of the molecule is Nc1nnc(SCC2Cc3ccccc32)s1. The number of hydrogen-bond donors (Lipinski definition) is 1. The first kappa shape index (κ1) is 10.1. The van der Waals surface area contributed by atoms with E-state index in [1.807, 2.05) is 0 Å². The van der Waals surface area contributed by atoms with Crippen LogP contribution in [0.1, 0.15) is 17.0 Å². The Kier molecular flexibility index (Phi) is 2.57. The topological polar surface area (TPSA) is 51.8 Å². The molecule has 1 aliphatic rings. The maximum atomic E-state index is 5.54. The average Bonchev–Trinajstić information content (AvgIpc) is 2.66. The van der Waals surface area contributed by atoms with Gasteiger partial charge in [-0.05, 0) is 23.5 Å². The number of thioether (sulfide) groups is 1. The molecule has 1 atom stereocenters. The summed E-state index contributed by atoms with van der Waals surface area (Å²) in [5.74, 6) is 1.75. The monoisotopic (exact) mass is 249 g/mol. The third-order valence-corrected chi connectivity index (χ3v) is 4.84. The van der Waals surface area contributed by atoms with Crippen LogP contribution < -0.4 is 5.73 Å². The lowest BCUT2D eigenvalue weighted by Gasteiger charge is -2.29. The first-order chi connectivity index (χ1) is 7.83. The number of benzene rings is 1. The Bertz CT molecular complexity index is 509. The van der Waals surface area contributed by atoms with Crippen LogP contribution in [0.4, 0.5) is 5.13 Å². The summed E-state index contributed by atoms with van der Waals surface area (Å²) in [6.45, 7) is 0. The van der Waals surface area contributed by atoms with E-state index in [-0.39, 0.29) is 0 Å². The average molecular weight is 249 g/mol. The molecule has 1 unspecified atom stereocenters. The van der Waals surface area contributed by atoms with Gasteiger partial charge in [-0.25, -0.2) is 0 Å². The third-order valence-electron chi connectivity index (χ3n) is 2.79. The lowest BCUT2D eigenvalue weighted by molar-refractivity contribution is 0.677. The van der Waals surface area contributed by atoms with Crippen LogP contribution >= 0.6 is 23.1 Å². The Labute approximate surface area is 102 Å². The van der Waals surface area contributed by atoms with Crippen molar-refractivity contribution in [3.05, 3.63) is 35.4 Å². The molecule has 0 saturated heterocycles. The number of rotatable bonds is 3. The summed E-state index contributed by atoms with van der Waals surface area (Å²) in [4.78, 5) is 0. The number of nitrogen functional groups attached to an aromatic ring is 1. The van der Waals surface area contributed by atoms with Crippen LogP contribution in [-0.2, 0) is 6.42 Å². The lowest BCUT2D eigenvalue weighted by atomic mass is 9.79. The van der Waals surface area contributed by atoms with Gasteiger partial charge in [0.05, 0.1) is 0 Å². The summed E-state index contributed by atoms with van der Waals surface area (Å²) in [5, 5.41) is 8.37. The number of aromatic nitrogens is 2. The molecule has 3 rings (SSSR count). The predicted octanol–water partition coefficient (Wildman–Crippen LogP) is 2.55. The van der Waals surface area contributed by atoms with Crippen LogP contribution in [0.15, 0.2) is 28.6 Å². The van der Waals surface area contributed by atoms with E-state index in [0.29, 0.717) is 11.0 Å². The molecule has 3 nitrogen and oxygen atoms in total. The molecule has 1 aromatic carbocycles. The number of hydrogen-bond acceptors (Lipinski definition) is 5. The third kappa shape index (κ3) is 1.81. The number of nitrogens with two attached hydrogens (primary N) is 1. The van der Waals surface area contributed by atoms with Crippen LogP contribution in [0, 0.1) is 0 Å². The van der Waals surface area contributed by atoms with Crippen molar-refractivity contribution in [2.24, 2.45) is 0 Å². The zero-order chi connectivity index (χ0) is 11.0. The maximum absolute atomic E-state index is 5.54. The fraction of sp³-hybridized carbons (Fsp3) is 0.273. The Morgan fingerprint density at radius 3 is 3.00 bits per heavy atom. The van der Waals surface area contributed by atoms with E-state index in [0.717, 1.165) is 10.1 Å². The fourth-order valence-electron chi connectivity index (χ4n) is 1.96. The van der Waals surface area contributed by atoms with Gasteiger partial charge in [0.1, 0.15) is 0 Å². The highest BCUT2D eigenvalue weighted by molar-refractivity contribution is 8.01. The highest BCUT2D eigenvalue weighted by Gasteiger charge is 2.25. The molecule has 16 heavy (non-hydrogen) atoms. The quantitative estimate of drug-likeness (QED) is 0.849. The molecule has 1 aromatic heterocycles. The molecule has 0 fully saturated rings. The van der Waals surface area contributed by atoms with Gasteiger partial charge in [-0.15, -0.1) is 10.2 Å². The summed E-state index contributed by atoms with van der Waals surface area (Å²) in [6, 6.07) is 8.64. The van der Waals surface area contributed by atoms with E-state index in [1.54, 1.807) is 11.8 Å². The highest BCUT2D eigenvalue weighted by atomic mass is 32.2. The van der Waals surface area contributed by atoms with Crippen molar-refractivity contribution < 1.29 is 0 Å². The smallest absolute Gasteiger partial charge is 0.203 e. The molecule has 0 radical (unpaired) electrons. The Hall–Kier alpha value is -1.07. The van der Waals surface area contributed by atoms with E-state index in [1.165, 1.54) is 28.9 Å². The van der Waals surface area contributed by atoms with Crippen molar-refractivity contribution in [2.45, 2.75) is 16.7 Å². The van der Waals surface area contributed by atoms with Gasteiger partial charge in [0.25, 0.3) is 0 Å².